The summed E-state index contributed by atoms with van der Waals surface area (Å²) in [5.41, 5.74) is 0.554. The van der Waals surface area contributed by atoms with E-state index in [2.05, 4.69) is 0 Å². The first-order valence-corrected chi connectivity index (χ1v) is 7.60. The summed E-state index contributed by atoms with van der Waals surface area (Å²) in [5, 5.41) is 8.69. The molecule has 0 aromatic heterocycles. The van der Waals surface area contributed by atoms with Gasteiger partial charge in [-0.15, -0.1) is 0 Å². The van der Waals surface area contributed by atoms with Gasteiger partial charge in [0.25, 0.3) is 0 Å². The van der Waals surface area contributed by atoms with Crippen LogP contribution in [0.5, 0.6) is 5.75 Å². The standard InChI is InChI=1S/C14H20O4S/c1-11(16)12-6-7-14(13(10-12)18-2)19(17)9-5-3-4-8-15/h6-7,10,15H,3-5,8-9H2,1-2H3. The number of ketones is 1. The van der Waals surface area contributed by atoms with Crippen LogP contribution >= 0.6 is 0 Å². The summed E-state index contributed by atoms with van der Waals surface area (Å²) in [4.78, 5) is 11.9. The highest BCUT2D eigenvalue weighted by molar-refractivity contribution is 7.85. The lowest BCUT2D eigenvalue weighted by Crippen LogP contribution is -2.03. The fourth-order valence-corrected chi connectivity index (χ4v) is 2.98. The molecular formula is C14H20O4S. The molecule has 1 unspecified atom stereocenters. The third-order valence-corrected chi connectivity index (χ3v) is 4.29. The van der Waals surface area contributed by atoms with E-state index in [1.807, 2.05) is 0 Å². The Balaban J connectivity index is 2.76. The Morgan fingerprint density at radius 2 is 2.05 bits per heavy atom. The lowest BCUT2D eigenvalue weighted by molar-refractivity contribution is 0.101. The van der Waals surface area contributed by atoms with Gasteiger partial charge in [-0.05, 0) is 38.0 Å². The van der Waals surface area contributed by atoms with Crippen molar-refractivity contribution in [1.82, 2.24) is 0 Å². The minimum atomic E-state index is -1.14. The Kier molecular flexibility index (Phi) is 6.73. The van der Waals surface area contributed by atoms with Crippen molar-refractivity contribution in [3.63, 3.8) is 0 Å². The number of ether oxygens (including phenoxy) is 1. The molecule has 5 heteroatoms. The summed E-state index contributed by atoms with van der Waals surface area (Å²) in [6, 6.07) is 4.99. The van der Waals surface area contributed by atoms with Crippen molar-refractivity contribution in [2.75, 3.05) is 19.5 Å². The molecule has 0 fully saturated rings. The molecule has 106 valence electrons. The minimum Gasteiger partial charge on any atom is -0.495 e. The van der Waals surface area contributed by atoms with Crippen molar-refractivity contribution in [3.8, 4) is 5.75 Å². The van der Waals surface area contributed by atoms with Crippen LogP contribution in [0.4, 0.5) is 0 Å². The van der Waals surface area contributed by atoms with Crippen molar-refractivity contribution < 1.29 is 18.8 Å². The first-order valence-electron chi connectivity index (χ1n) is 6.28. The molecule has 0 aliphatic rings. The van der Waals surface area contributed by atoms with E-state index in [4.69, 9.17) is 9.84 Å². The molecule has 4 nitrogen and oxygen atoms in total. The van der Waals surface area contributed by atoms with Gasteiger partial charge in [-0.3, -0.25) is 9.00 Å². The molecule has 1 rings (SSSR count). The lowest BCUT2D eigenvalue weighted by Gasteiger charge is -2.09. The molecule has 0 radical (unpaired) electrons. The van der Waals surface area contributed by atoms with Crippen LogP contribution in [0.1, 0.15) is 36.5 Å². The van der Waals surface area contributed by atoms with Crippen molar-refractivity contribution >= 4 is 16.6 Å². The van der Waals surface area contributed by atoms with Gasteiger partial charge < -0.3 is 9.84 Å². The van der Waals surface area contributed by atoms with Gasteiger partial charge in [0.2, 0.25) is 0 Å². The predicted molar refractivity (Wildman–Crippen MR) is 75.2 cm³/mol. The second-order valence-corrected chi connectivity index (χ2v) is 5.79. The molecule has 0 aliphatic heterocycles. The van der Waals surface area contributed by atoms with Crippen LogP contribution in [0.2, 0.25) is 0 Å². The van der Waals surface area contributed by atoms with Crippen molar-refractivity contribution in [2.24, 2.45) is 0 Å². The second kappa shape index (κ2) is 8.07. The van der Waals surface area contributed by atoms with Crippen molar-refractivity contribution in [1.29, 1.82) is 0 Å². The van der Waals surface area contributed by atoms with E-state index in [1.165, 1.54) is 14.0 Å². The summed E-state index contributed by atoms with van der Waals surface area (Å²) in [5.74, 6) is 0.988. The highest BCUT2D eigenvalue weighted by Crippen LogP contribution is 2.24. The Morgan fingerprint density at radius 3 is 2.63 bits per heavy atom. The Bertz CT molecular complexity index is 457. The summed E-state index contributed by atoms with van der Waals surface area (Å²) in [6.07, 6.45) is 2.39. The number of aliphatic hydroxyl groups is 1. The van der Waals surface area contributed by atoms with E-state index in [0.29, 0.717) is 22.0 Å². The fourth-order valence-electron chi connectivity index (χ4n) is 1.71. The predicted octanol–water partition coefficient (Wildman–Crippen LogP) is 2.17. The number of aliphatic hydroxyl groups excluding tert-OH is 1. The van der Waals surface area contributed by atoms with Crippen molar-refractivity contribution in [3.05, 3.63) is 23.8 Å². The van der Waals surface area contributed by atoms with Gasteiger partial charge in [-0.1, -0.05) is 6.42 Å². The topological polar surface area (TPSA) is 63.6 Å². The molecule has 1 aromatic rings. The van der Waals surface area contributed by atoms with E-state index < -0.39 is 10.8 Å². The number of carbonyl (C=O) groups is 1. The normalized spacial score (nSPS) is 12.2. The molecule has 0 heterocycles. The fraction of sp³-hybridized carbons (Fsp3) is 0.500. The van der Waals surface area contributed by atoms with Gasteiger partial charge in [0, 0.05) is 17.9 Å². The number of Topliss-reactive ketones (excluding diaryl/α,β-unsaturated/α-hetero) is 1. The van der Waals surface area contributed by atoms with Crippen LogP contribution in [0.25, 0.3) is 0 Å². The average Bonchev–Trinajstić information content (AvgIpc) is 2.42. The van der Waals surface area contributed by atoms with E-state index in [9.17, 15) is 9.00 Å². The zero-order valence-electron chi connectivity index (χ0n) is 11.3. The largest absolute Gasteiger partial charge is 0.495 e. The maximum atomic E-state index is 12.2. The van der Waals surface area contributed by atoms with Gasteiger partial charge in [-0.2, -0.15) is 0 Å². The van der Waals surface area contributed by atoms with E-state index in [1.54, 1.807) is 18.2 Å². The van der Waals surface area contributed by atoms with Crippen LogP contribution in [-0.2, 0) is 10.8 Å². The van der Waals surface area contributed by atoms with Crippen LogP contribution in [-0.4, -0.2) is 34.6 Å². The maximum absolute atomic E-state index is 12.2. The van der Waals surface area contributed by atoms with Gasteiger partial charge >= 0.3 is 0 Å². The highest BCUT2D eigenvalue weighted by atomic mass is 32.2. The Labute approximate surface area is 116 Å². The molecule has 0 bridgehead atoms. The SMILES string of the molecule is COc1cc(C(C)=O)ccc1S(=O)CCCCCO. The summed E-state index contributed by atoms with van der Waals surface area (Å²) >= 11 is 0. The number of carbonyl (C=O) groups excluding carboxylic acids is 1. The van der Waals surface area contributed by atoms with E-state index in [0.717, 1.165) is 19.3 Å². The molecule has 19 heavy (non-hydrogen) atoms. The molecule has 0 saturated carbocycles. The second-order valence-electron chi connectivity index (χ2n) is 4.26. The number of rotatable bonds is 8. The number of unbranched alkanes of at least 4 members (excludes halogenated alkanes) is 2. The first-order chi connectivity index (χ1) is 9.10. The first kappa shape index (κ1) is 15.9. The lowest BCUT2D eigenvalue weighted by atomic mass is 10.1. The third-order valence-electron chi connectivity index (χ3n) is 2.80. The molecule has 0 amide bonds. The molecule has 1 aromatic carbocycles. The molecule has 1 N–H and O–H groups in total. The molecule has 0 saturated heterocycles. The van der Waals surface area contributed by atoms with Gasteiger partial charge in [-0.25, -0.2) is 0 Å². The number of hydrogen-bond donors (Lipinski definition) is 1. The van der Waals surface area contributed by atoms with Gasteiger partial charge in [0.15, 0.2) is 5.78 Å². The van der Waals surface area contributed by atoms with Crippen LogP contribution in [0, 0.1) is 0 Å². The van der Waals surface area contributed by atoms with Crippen LogP contribution < -0.4 is 4.74 Å². The van der Waals surface area contributed by atoms with Crippen LogP contribution in [0.15, 0.2) is 23.1 Å². The molecular weight excluding hydrogens is 264 g/mol. The Morgan fingerprint density at radius 1 is 1.32 bits per heavy atom. The quantitative estimate of drug-likeness (QED) is 0.587. The van der Waals surface area contributed by atoms with Crippen molar-refractivity contribution in [2.45, 2.75) is 31.1 Å². The molecule has 0 aliphatic carbocycles. The van der Waals surface area contributed by atoms with E-state index in [-0.39, 0.29) is 12.4 Å². The van der Waals surface area contributed by atoms with Gasteiger partial charge in [0.05, 0.1) is 22.8 Å². The number of hydrogen-bond acceptors (Lipinski definition) is 4. The number of benzene rings is 1. The van der Waals surface area contributed by atoms with E-state index >= 15 is 0 Å². The third kappa shape index (κ3) is 4.76. The molecule has 0 spiro atoms. The smallest absolute Gasteiger partial charge is 0.159 e. The average molecular weight is 284 g/mol. The summed E-state index contributed by atoms with van der Waals surface area (Å²) < 4.78 is 17.4. The summed E-state index contributed by atoms with van der Waals surface area (Å²) in [6.45, 7) is 1.66. The maximum Gasteiger partial charge on any atom is 0.159 e. The summed E-state index contributed by atoms with van der Waals surface area (Å²) in [7, 11) is 0.368. The van der Waals surface area contributed by atoms with Crippen LogP contribution in [0.3, 0.4) is 0 Å². The Hall–Kier alpha value is -1.20. The zero-order chi connectivity index (χ0) is 14.3. The zero-order valence-corrected chi connectivity index (χ0v) is 12.2. The van der Waals surface area contributed by atoms with Gasteiger partial charge in [0.1, 0.15) is 5.75 Å². The molecule has 1 atom stereocenters. The minimum absolute atomic E-state index is 0.0430. The number of methoxy groups -OCH3 is 1. The monoisotopic (exact) mass is 284 g/mol. The highest BCUT2D eigenvalue weighted by Gasteiger charge is 2.12.